The third-order valence-electron chi connectivity index (χ3n) is 6.76. The van der Waals surface area contributed by atoms with Gasteiger partial charge in [-0.1, -0.05) is 0 Å². The van der Waals surface area contributed by atoms with Crippen molar-refractivity contribution in [1.29, 1.82) is 0 Å². The smallest absolute Gasteiger partial charge is 0.276 e. The van der Waals surface area contributed by atoms with E-state index in [4.69, 9.17) is 9.15 Å². The van der Waals surface area contributed by atoms with Gasteiger partial charge in [0.15, 0.2) is 23.5 Å². The first-order valence-corrected chi connectivity index (χ1v) is 13.1. The first kappa shape index (κ1) is 25.0. The number of fused-ring (bicyclic) bond motifs is 2. The highest BCUT2D eigenvalue weighted by atomic mass is 32.2. The molecule has 13 heteroatoms. The minimum absolute atomic E-state index is 0.0231. The lowest BCUT2D eigenvalue weighted by molar-refractivity contribution is 0.0593. The Morgan fingerprint density at radius 2 is 2.05 bits per heavy atom. The highest BCUT2D eigenvalue weighted by Gasteiger charge is 2.40. The fourth-order valence-corrected chi connectivity index (χ4v) is 6.20. The van der Waals surface area contributed by atoms with Gasteiger partial charge < -0.3 is 23.9 Å². The molecule has 0 radical (unpaired) electrons. The maximum atomic E-state index is 13.6. The van der Waals surface area contributed by atoms with Crippen LogP contribution in [0.15, 0.2) is 40.1 Å². The highest BCUT2D eigenvalue weighted by Crippen LogP contribution is 2.35. The van der Waals surface area contributed by atoms with E-state index in [1.807, 2.05) is 0 Å². The lowest BCUT2D eigenvalue weighted by atomic mass is 9.92. The van der Waals surface area contributed by atoms with Gasteiger partial charge in [0.1, 0.15) is 16.5 Å². The maximum absolute atomic E-state index is 13.6. The number of nitrogens with zero attached hydrogens (tertiary/aromatic N) is 3. The molecule has 11 nitrogen and oxygen atoms in total. The molecule has 37 heavy (non-hydrogen) atoms. The van der Waals surface area contributed by atoms with Crippen molar-refractivity contribution >= 4 is 27.5 Å². The lowest BCUT2D eigenvalue weighted by Gasteiger charge is -2.39. The van der Waals surface area contributed by atoms with Crippen LogP contribution in [0.1, 0.15) is 38.7 Å². The van der Waals surface area contributed by atoms with Gasteiger partial charge in [0.05, 0.1) is 6.61 Å². The van der Waals surface area contributed by atoms with E-state index in [1.165, 1.54) is 35.4 Å². The summed E-state index contributed by atoms with van der Waals surface area (Å²) in [6.45, 7) is 3.88. The molecule has 1 saturated heterocycles. The van der Waals surface area contributed by atoms with Crippen LogP contribution >= 0.6 is 0 Å². The quantitative estimate of drug-likeness (QED) is 0.529. The maximum Gasteiger partial charge on any atom is 0.276 e. The second-order valence-electron chi connectivity index (χ2n) is 9.30. The first-order chi connectivity index (χ1) is 17.5. The summed E-state index contributed by atoms with van der Waals surface area (Å²) in [5.41, 5.74) is 0.943. The van der Waals surface area contributed by atoms with Crippen LogP contribution in [0.2, 0.25) is 0 Å². The molecule has 0 saturated carbocycles. The molecule has 0 unspecified atom stereocenters. The largest absolute Gasteiger partial charge is 0.489 e. The number of aromatic nitrogens is 2. The van der Waals surface area contributed by atoms with Crippen LogP contribution in [-0.2, 0) is 17.1 Å². The zero-order valence-electron chi connectivity index (χ0n) is 20.4. The number of carbonyl (C=O) groups excluding carboxylic acids is 2. The molecule has 2 atom stereocenters. The number of nitrogens with one attached hydrogen (secondary N) is 2. The molecule has 1 aromatic carbocycles. The van der Waals surface area contributed by atoms with Crippen molar-refractivity contribution in [2.75, 3.05) is 25.0 Å². The van der Waals surface area contributed by atoms with E-state index in [-0.39, 0.29) is 47.0 Å². The summed E-state index contributed by atoms with van der Waals surface area (Å²) in [6.07, 6.45) is 2.99. The third-order valence-corrected chi connectivity index (χ3v) is 8.24. The van der Waals surface area contributed by atoms with E-state index in [0.29, 0.717) is 30.0 Å². The van der Waals surface area contributed by atoms with Gasteiger partial charge in [-0.3, -0.25) is 9.59 Å². The van der Waals surface area contributed by atoms with Crippen molar-refractivity contribution in [3.8, 4) is 5.75 Å². The number of likely N-dealkylation sites (tertiary alicyclic amines) is 1. The number of aryl methyl sites for hydroxylation is 3. The van der Waals surface area contributed by atoms with Crippen LogP contribution in [-0.4, -0.2) is 60.4 Å². The number of halogens is 1. The van der Waals surface area contributed by atoms with Gasteiger partial charge in [-0.25, -0.2) is 22.5 Å². The first-order valence-electron chi connectivity index (χ1n) is 11.7. The minimum atomic E-state index is -4.10. The summed E-state index contributed by atoms with van der Waals surface area (Å²) in [7, 11) is -2.56. The second-order valence-corrected chi connectivity index (χ2v) is 11.0. The van der Waals surface area contributed by atoms with Crippen molar-refractivity contribution in [1.82, 2.24) is 19.2 Å². The summed E-state index contributed by atoms with van der Waals surface area (Å²) in [6, 6.07) is 3.56. The molecule has 0 spiro atoms. The van der Waals surface area contributed by atoms with Crippen LogP contribution in [0, 0.1) is 25.6 Å². The van der Waals surface area contributed by atoms with Crippen LogP contribution in [0.25, 0.3) is 0 Å². The normalized spacial score (nSPS) is 20.7. The number of oxazole rings is 1. The third kappa shape index (κ3) is 4.60. The fraction of sp³-hybridized carbons (Fsp3) is 0.375. The molecule has 0 bridgehead atoms. The van der Waals surface area contributed by atoms with Crippen LogP contribution in [0.5, 0.6) is 5.75 Å². The van der Waals surface area contributed by atoms with E-state index in [2.05, 4.69) is 15.0 Å². The van der Waals surface area contributed by atoms with E-state index < -0.39 is 27.8 Å². The van der Waals surface area contributed by atoms with Gasteiger partial charge in [-0.15, -0.1) is 0 Å². The molecular formula is C24H26FN5O6S. The van der Waals surface area contributed by atoms with Gasteiger partial charge in [-0.05, 0) is 44.0 Å². The molecule has 0 aliphatic carbocycles. The number of amides is 2. The molecule has 3 aromatic rings. The molecule has 2 aromatic heterocycles. The number of hydrogen-bond donors (Lipinski definition) is 2. The topological polar surface area (TPSA) is 136 Å². The van der Waals surface area contributed by atoms with E-state index in [1.54, 1.807) is 25.8 Å². The Hall–Kier alpha value is -3.71. The summed E-state index contributed by atoms with van der Waals surface area (Å²) in [5, 5.41) is 2.68. The van der Waals surface area contributed by atoms with Crippen LogP contribution in [0.4, 0.5) is 10.1 Å². The summed E-state index contributed by atoms with van der Waals surface area (Å²) >= 11 is 0. The van der Waals surface area contributed by atoms with Gasteiger partial charge in [0.25, 0.3) is 11.8 Å². The molecule has 2 N–H and O–H groups in total. The molecule has 4 heterocycles. The van der Waals surface area contributed by atoms with Crippen molar-refractivity contribution < 1.29 is 31.6 Å². The summed E-state index contributed by atoms with van der Waals surface area (Å²) in [5.74, 6) is -1.22. The number of rotatable bonds is 3. The fourth-order valence-electron chi connectivity index (χ4n) is 4.71. The van der Waals surface area contributed by atoms with Gasteiger partial charge in [0.2, 0.25) is 10.0 Å². The van der Waals surface area contributed by atoms with Crippen molar-refractivity contribution in [2.24, 2.45) is 13.0 Å². The molecule has 2 amide bonds. The van der Waals surface area contributed by atoms with E-state index >= 15 is 0 Å². The molecule has 1 fully saturated rings. The number of carbonyl (C=O) groups is 2. The van der Waals surface area contributed by atoms with Crippen LogP contribution < -0.4 is 14.8 Å². The summed E-state index contributed by atoms with van der Waals surface area (Å²) in [4.78, 5) is 31.4. The van der Waals surface area contributed by atoms with Crippen molar-refractivity contribution in [3.05, 3.63) is 59.3 Å². The highest BCUT2D eigenvalue weighted by molar-refractivity contribution is 7.89. The second kappa shape index (κ2) is 9.30. The standard InChI is InChI=1S/C24H26FN5O6S/c1-13-8-16(4-5-17(13)25)27-23(31)21-22-19(10-29(21)3)37(33,34)28-18-9-30(7-6-15(18)11-35-22)24(32)20-14(2)36-12-26-20/h4-5,8,10,12,15,18,28H,6-7,9,11H2,1-3H3,(H,27,31)/t15-,18+/m0/s1. The number of sulfonamides is 1. The number of anilines is 1. The number of benzene rings is 1. The number of ether oxygens (including phenoxy) is 1. The van der Waals surface area contributed by atoms with E-state index in [9.17, 15) is 22.4 Å². The average molecular weight is 532 g/mol. The number of hydrogen-bond acceptors (Lipinski definition) is 7. The molecule has 5 rings (SSSR count). The molecule has 196 valence electrons. The Bertz CT molecular complexity index is 1500. The zero-order chi connectivity index (χ0) is 26.5. The minimum Gasteiger partial charge on any atom is -0.489 e. The Morgan fingerprint density at radius 3 is 2.76 bits per heavy atom. The Kier molecular flexibility index (Phi) is 6.28. The molecule has 2 aliphatic rings. The average Bonchev–Trinajstić information content (AvgIpc) is 3.42. The van der Waals surface area contributed by atoms with Crippen molar-refractivity contribution in [3.63, 3.8) is 0 Å². The monoisotopic (exact) mass is 531 g/mol. The van der Waals surface area contributed by atoms with Gasteiger partial charge in [0, 0.05) is 44.0 Å². The van der Waals surface area contributed by atoms with Gasteiger partial charge in [-0.2, -0.15) is 0 Å². The van der Waals surface area contributed by atoms with Crippen LogP contribution in [0.3, 0.4) is 0 Å². The molecule has 2 aliphatic heterocycles. The Morgan fingerprint density at radius 1 is 1.27 bits per heavy atom. The van der Waals surface area contributed by atoms with Gasteiger partial charge >= 0.3 is 0 Å². The predicted molar refractivity (Wildman–Crippen MR) is 129 cm³/mol. The molecular weight excluding hydrogens is 505 g/mol. The Balaban J connectivity index is 1.40. The zero-order valence-corrected chi connectivity index (χ0v) is 21.3. The van der Waals surface area contributed by atoms with E-state index in [0.717, 1.165) is 0 Å². The predicted octanol–water partition coefficient (Wildman–Crippen LogP) is 2.22. The Labute approximate surface area is 212 Å². The van der Waals surface area contributed by atoms with Crippen molar-refractivity contribution in [2.45, 2.75) is 31.2 Å². The SMILES string of the molecule is Cc1cc(NC(=O)c2c3c(cn2C)S(=O)(=O)N[C@@H]2CN(C(=O)c4ncoc4C)CC[C@H]2CO3)ccc1F. The lowest BCUT2D eigenvalue weighted by Crippen LogP contribution is -2.56. The number of piperidine rings is 1. The summed E-state index contributed by atoms with van der Waals surface area (Å²) < 4.78 is 55.6.